The van der Waals surface area contributed by atoms with Gasteiger partial charge in [-0.05, 0) is 50.4 Å². The molecule has 1 saturated carbocycles. The summed E-state index contributed by atoms with van der Waals surface area (Å²) in [5, 5.41) is 9.98. The highest BCUT2D eigenvalue weighted by Crippen LogP contribution is 2.65. The Labute approximate surface area is 99.3 Å². The summed E-state index contributed by atoms with van der Waals surface area (Å²) in [7, 11) is 0. The first-order valence-corrected chi connectivity index (χ1v) is 6.35. The average Bonchev–Trinajstić information content (AvgIpc) is 2.93. The van der Waals surface area contributed by atoms with Crippen molar-refractivity contribution in [2.45, 2.75) is 52.6 Å². The molecule has 0 amide bonds. The predicted octanol–water partition coefficient (Wildman–Crippen LogP) is 3.70. The molecule has 0 aromatic rings. The van der Waals surface area contributed by atoms with E-state index in [9.17, 15) is 5.11 Å². The molecule has 0 bridgehead atoms. The maximum absolute atomic E-state index is 9.98. The molecule has 0 unspecified atom stereocenters. The first-order valence-electron chi connectivity index (χ1n) is 6.35. The third-order valence-electron chi connectivity index (χ3n) is 4.85. The van der Waals surface area contributed by atoms with Gasteiger partial charge in [0.15, 0.2) is 0 Å². The van der Waals surface area contributed by atoms with Gasteiger partial charge in [0.25, 0.3) is 0 Å². The van der Waals surface area contributed by atoms with E-state index in [0.29, 0.717) is 5.41 Å². The van der Waals surface area contributed by atoms with Gasteiger partial charge in [-0.25, -0.2) is 0 Å². The Balaban J connectivity index is 2.08. The van der Waals surface area contributed by atoms with E-state index in [-0.39, 0.29) is 0 Å². The summed E-state index contributed by atoms with van der Waals surface area (Å²) in [6, 6.07) is 0. The van der Waals surface area contributed by atoms with Gasteiger partial charge in [-0.2, -0.15) is 0 Å². The molecule has 2 rings (SSSR count). The first-order chi connectivity index (χ1) is 7.29. The summed E-state index contributed by atoms with van der Waals surface area (Å²) in [5.74, 6) is 1.75. The van der Waals surface area contributed by atoms with Crippen LogP contribution in [0.4, 0.5) is 0 Å². The maximum atomic E-state index is 9.98. The zero-order valence-corrected chi connectivity index (χ0v) is 11.0. The van der Waals surface area contributed by atoms with Crippen LogP contribution in [0.1, 0.15) is 47.0 Å². The smallest absolute Gasteiger partial charge is 0.0800 e. The van der Waals surface area contributed by atoms with Crippen molar-refractivity contribution in [3.8, 4) is 0 Å². The lowest BCUT2D eigenvalue weighted by molar-refractivity contribution is 0.101. The third-order valence-corrected chi connectivity index (χ3v) is 4.85. The van der Waals surface area contributed by atoms with Crippen molar-refractivity contribution in [3.63, 3.8) is 0 Å². The highest BCUT2D eigenvalue weighted by Gasteiger charge is 2.55. The second kappa shape index (κ2) is 3.46. The average molecular weight is 220 g/mol. The summed E-state index contributed by atoms with van der Waals surface area (Å²) >= 11 is 0. The van der Waals surface area contributed by atoms with Crippen LogP contribution in [-0.4, -0.2) is 10.7 Å². The number of hydrogen-bond acceptors (Lipinski definition) is 1. The van der Waals surface area contributed by atoms with Gasteiger partial charge in [0, 0.05) is 0 Å². The molecule has 16 heavy (non-hydrogen) atoms. The zero-order valence-electron chi connectivity index (χ0n) is 11.0. The number of aliphatic hydroxyl groups is 1. The van der Waals surface area contributed by atoms with E-state index >= 15 is 0 Å². The Kier molecular flexibility index (Phi) is 2.58. The lowest BCUT2D eigenvalue weighted by Gasteiger charge is -2.28. The third kappa shape index (κ3) is 1.75. The molecule has 0 spiro atoms. The van der Waals surface area contributed by atoms with E-state index in [1.165, 1.54) is 6.42 Å². The molecule has 1 fully saturated rings. The van der Waals surface area contributed by atoms with Crippen LogP contribution in [0.3, 0.4) is 0 Å². The molecule has 0 heterocycles. The summed E-state index contributed by atoms with van der Waals surface area (Å²) in [5.41, 5.74) is 2.85. The Bertz CT molecular complexity index is 346. The molecular formula is C15H24O. The predicted molar refractivity (Wildman–Crippen MR) is 68.1 cm³/mol. The van der Waals surface area contributed by atoms with E-state index in [2.05, 4.69) is 27.4 Å². The van der Waals surface area contributed by atoms with Gasteiger partial charge >= 0.3 is 0 Å². The van der Waals surface area contributed by atoms with Crippen LogP contribution in [0.2, 0.25) is 0 Å². The maximum Gasteiger partial charge on any atom is 0.0800 e. The van der Waals surface area contributed by atoms with Crippen LogP contribution < -0.4 is 0 Å². The van der Waals surface area contributed by atoms with Crippen LogP contribution in [0.15, 0.2) is 23.8 Å². The molecule has 2 aliphatic carbocycles. The van der Waals surface area contributed by atoms with Crippen molar-refractivity contribution in [1.82, 2.24) is 0 Å². The lowest BCUT2D eigenvalue weighted by Crippen LogP contribution is -2.23. The first kappa shape index (κ1) is 11.9. The molecule has 0 aromatic heterocycles. The summed E-state index contributed by atoms with van der Waals surface area (Å²) in [4.78, 5) is 0. The number of rotatable bonds is 4. The normalized spacial score (nSPS) is 34.6. The molecule has 0 aromatic carbocycles. The van der Waals surface area contributed by atoms with Gasteiger partial charge in [0.05, 0.1) is 5.60 Å². The molecule has 0 saturated heterocycles. The van der Waals surface area contributed by atoms with Gasteiger partial charge in [0.2, 0.25) is 0 Å². The van der Waals surface area contributed by atoms with Gasteiger partial charge < -0.3 is 5.11 Å². The minimum atomic E-state index is -0.712. The van der Waals surface area contributed by atoms with E-state index < -0.39 is 5.60 Å². The molecule has 3 atom stereocenters. The van der Waals surface area contributed by atoms with Gasteiger partial charge in [-0.3, -0.25) is 0 Å². The SMILES string of the molecule is C=C[C@@](C)(O)CCC1=C(C)[C@@H]2C[C@@H]2C1(C)C. The summed E-state index contributed by atoms with van der Waals surface area (Å²) in [6.07, 6.45) is 4.86. The fraction of sp³-hybridized carbons (Fsp3) is 0.733. The highest BCUT2D eigenvalue weighted by molar-refractivity contribution is 5.36. The van der Waals surface area contributed by atoms with Gasteiger partial charge in [-0.15, -0.1) is 6.58 Å². The quantitative estimate of drug-likeness (QED) is 0.716. The van der Waals surface area contributed by atoms with Gasteiger partial charge in [-0.1, -0.05) is 31.1 Å². The van der Waals surface area contributed by atoms with E-state index in [0.717, 1.165) is 24.7 Å². The van der Waals surface area contributed by atoms with Gasteiger partial charge in [0.1, 0.15) is 0 Å². The molecule has 0 radical (unpaired) electrons. The van der Waals surface area contributed by atoms with E-state index in [1.54, 1.807) is 17.2 Å². The van der Waals surface area contributed by atoms with Crippen molar-refractivity contribution in [2.24, 2.45) is 17.3 Å². The van der Waals surface area contributed by atoms with Crippen LogP contribution >= 0.6 is 0 Å². The fourth-order valence-electron chi connectivity index (χ4n) is 3.43. The zero-order chi connectivity index (χ0) is 12.1. The van der Waals surface area contributed by atoms with Crippen molar-refractivity contribution < 1.29 is 5.11 Å². The summed E-state index contributed by atoms with van der Waals surface area (Å²) < 4.78 is 0. The molecular weight excluding hydrogens is 196 g/mol. The number of hydrogen-bond donors (Lipinski definition) is 1. The monoisotopic (exact) mass is 220 g/mol. The van der Waals surface area contributed by atoms with Crippen LogP contribution in [0.5, 0.6) is 0 Å². The van der Waals surface area contributed by atoms with Crippen molar-refractivity contribution in [3.05, 3.63) is 23.8 Å². The molecule has 90 valence electrons. The largest absolute Gasteiger partial charge is 0.386 e. The standard InChI is InChI=1S/C15H24O/c1-6-15(5,16)8-7-12-10(2)11-9-13(11)14(12,3)4/h6,11,13,16H,1,7-9H2,2-5H3/t11-,13-,15+/m0/s1. The minimum absolute atomic E-state index is 0.367. The molecule has 1 N–H and O–H groups in total. The van der Waals surface area contributed by atoms with Crippen molar-refractivity contribution in [1.29, 1.82) is 0 Å². The Morgan fingerprint density at radius 1 is 1.56 bits per heavy atom. The summed E-state index contributed by atoms with van der Waals surface area (Å²) in [6.45, 7) is 12.6. The fourth-order valence-corrected chi connectivity index (χ4v) is 3.43. The van der Waals surface area contributed by atoms with E-state index in [4.69, 9.17) is 0 Å². The van der Waals surface area contributed by atoms with Crippen molar-refractivity contribution in [2.75, 3.05) is 0 Å². The van der Waals surface area contributed by atoms with Crippen LogP contribution in [0.25, 0.3) is 0 Å². The highest BCUT2D eigenvalue weighted by atomic mass is 16.3. The van der Waals surface area contributed by atoms with Crippen LogP contribution in [-0.2, 0) is 0 Å². The van der Waals surface area contributed by atoms with Crippen molar-refractivity contribution >= 4 is 0 Å². The Morgan fingerprint density at radius 2 is 2.19 bits per heavy atom. The lowest BCUT2D eigenvalue weighted by atomic mass is 9.78. The number of allylic oxidation sites excluding steroid dienone is 2. The molecule has 2 aliphatic rings. The number of fused-ring (bicyclic) bond motifs is 1. The minimum Gasteiger partial charge on any atom is -0.386 e. The Morgan fingerprint density at radius 3 is 2.62 bits per heavy atom. The second-order valence-corrected chi connectivity index (χ2v) is 6.39. The van der Waals surface area contributed by atoms with E-state index in [1.807, 2.05) is 6.92 Å². The Hall–Kier alpha value is -0.560. The molecule has 0 aliphatic heterocycles. The topological polar surface area (TPSA) is 20.2 Å². The molecule has 1 nitrogen and oxygen atoms in total. The second-order valence-electron chi connectivity index (χ2n) is 6.39. The van der Waals surface area contributed by atoms with Crippen LogP contribution in [0, 0.1) is 17.3 Å². The molecule has 1 heteroatoms.